The van der Waals surface area contributed by atoms with E-state index in [1.165, 1.54) is 5.56 Å². The van der Waals surface area contributed by atoms with Crippen molar-refractivity contribution in [1.29, 1.82) is 0 Å². The third-order valence-corrected chi connectivity index (χ3v) is 2.54. The van der Waals surface area contributed by atoms with E-state index in [2.05, 4.69) is 6.07 Å². The molecule has 1 atom stereocenters. The lowest BCUT2D eigenvalue weighted by molar-refractivity contribution is 0.408. The second-order valence-electron chi connectivity index (χ2n) is 4.25. The molecule has 0 saturated heterocycles. The number of fused-ring (bicyclic) bond motifs is 1. The van der Waals surface area contributed by atoms with E-state index in [4.69, 9.17) is 14.9 Å². The molecule has 3 nitrogen and oxygen atoms in total. The van der Waals surface area contributed by atoms with Crippen molar-refractivity contribution >= 4 is 11.0 Å². The Morgan fingerprint density at radius 1 is 1.38 bits per heavy atom. The molecular weight excluding hydrogens is 202 g/mol. The first-order chi connectivity index (χ1) is 7.60. The van der Waals surface area contributed by atoms with Gasteiger partial charge < -0.3 is 14.9 Å². The summed E-state index contributed by atoms with van der Waals surface area (Å²) in [6.45, 7) is 3.93. The van der Waals surface area contributed by atoms with Gasteiger partial charge in [-0.25, -0.2) is 0 Å². The minimum absolute atomic E-state index is 0.148. The molecule has 0 spiro atoms. The standard InChI is InChI=1S/C13H17NO2/c1-8(14)4-10-6-11-5-9(2)16-13(11)12(7-10)15-3/h5-8H,4,14H2,1-3H3. The van der Waals surface area contributed by atoms with Crippen molar-refractivity contribution in [2.75, 3.05) is 7.11 Å². The van der Waals surface area contributed by atoms with Crippen LogP contribution in [0.5, 0.6) is 5.75 Å². The molecule has 2 aromatic rings. The molecule has 16 heavy (non-hydrogen) atoms. The van der Waals surface area contributed by atoms with Crippen molar-refractivity contribution in [3.05, 3.63) is 29.5 Å². The molecule has 0 fully saturated rings. The highest BCUT2D eigenvalue weighted by Crippen LogP contribution is 2.30. The number of furan rings is 1. The van der Waals surface area contributed by atoms with Crippen LogP contribution in [0.25, 0.3) is 11.0 Å². The zero-order valence-corrected chi connectivity index (χ0v) is 9.91. The van der Waals surface area contributed by atoms with E-state index in [0.717, 1.165) is 28.9 Å². The zero-order chi connectivity index (χ0) is 11.7. The lowest BCUT2D eigenvalue weighted by Crippen LogP contribution is -2.17. The first-order valence-corrected chi connectivity index (χ1v) is 5.43. The highest BCUT2D eigenvalue weighted by molar-refractivity contribution is 5.84. The lowest BCUT2D eigenvalue weighted by Gasteiger charge is -2.07. The summed E-state index contributed by atoms with van der Waals surface area (Å²) in [7, 11) is 1.66. The average molecular weight is 219 g/mol. The Morgan fingerprint density at radius 3 is 2.75 bits per heavy atom. The zero-order valence-electron chi connectivity index (χ0n) is 9.91. The van der Waals surface area contributed by atoms with Crippen LogP contribution in [0.15, 0.2) is 22.6 Å². The first-order valence-electron chi connectivity index (χ1n) is 5.43. The van der Waals surface area contributed by atoms with Crippen LogP contribution in [0.1, 0.15) is 18.2 Å². The molecule has 1 aromatic heterocycles. The summed E-state index contributed by atoms with van der Waals surface area (Å²) in [5, 5.41) is 1.08. The van der Waals surface area contributed by atoms with Gasteiger partial charge in [0, 0.05) is 11.4 Å². The maximum absolute atomic E-state index is 5.80. The van der Waals surface area contributed by atoms with Crippen molar-refractivity contribution in [3.63, 3.8) is 0 Å². The van der Waals surface area contributed by atoms with Crippen LogP contribution in [-0.2, 0) is 6.42 Å². The van der Waals surface area contributed by atoms with E-state index >= 15 is 0 Å². The normalized spacial score (nSPS) is 13.0. The molecule has 1 unspecified atom stereocenters. The van der Waals surface area contributed by atoms with Crippen molar-refractivity contribution in [2.24, 2.45) is 5.73 Å². The van der Waals surface area contributed by atoms with E-state index in [1.807, 2.05) is 26.0 Å². The lowest BCUT2D eigenvalue weighted by atomic mass is 10.1. The van der Waals surface area contributed by atoms with Crippen LogP contribution in [0.4, 0.5) is 0 Å². The molecule has 3 heteroatoms. The smallest absolute Gasteiger partial charge is 0.176 e. The van der Waals surface area contributed by atoms with Gasteiger partial charge >= 0.3 is 0 Å². The largest absolute Gasteiger partial charge is 0.493 e. The molecule has 0 aliphatic carbocycles. The Labute approximate surface area is 95.2 Å². The number of nitrogens with two attached hydrogens (primary N) is 1. The van der Waals surface area contributed by atoms with Gasteiger partial charge in [0.2, 0.25) is 0 Å². The molecule has 0 bridgehead atoms. The number of hydrogen-bond acceptors (Lipinski definition) is 3. The van der Waals surface area contributed by atoms with Gasteiger partial charge in [0.15, 0.2) is 11.3 Å². The third-order valence-electron chi connectivity index (χ3n) is 2.54. The van der Waals surface area contributed by atoms with E-state index in [1.54, 1.807) is 7.11 Å². The van der Waals surface area contributed by atoms with Crippen molar-refractivity contribution in [3.8, 4) is 5.75 Å². The maximum atomic E-state index is 5.80. The number of aryl methyl sites for hydroxylation is 1. The fourth-order valence-electron chi connectivity index (χ4n) is 1.95. The van der Waals surface area contributed by atoms with Crippen molar-refractivity contribution in [2.45, 2.75) is 26.3 Å². The molecule has 0 aliphatic rings. The Morgan fingerprint density at radius 2 is 2.12 bits per heavy atom. The molecule has 1 heterocycles. The van der Waals surface area contributed by atoms with E-state index in [0.29, 0.717) is 0 Å². The van der Waals surface area contributed by atoms with Gasteiger partial charge in [-0.05, 0) is 44.0 Å². The molecule has 0 aliphatic heterocycles. The molecule has 1 aromatic carbocycles. The number of hydrogen-bond donors (Lipinski definition) is 1. The van der Waals surface area contributed by atoms with E-state index < -0.39 is 0 Å². The summed E-state index contributed by atoms with van der Waals surface area (Å²) < 4.78 is 10.9. The Hall–Kier alpha value is -1.48. The third kappa shape index (κ3) is 2.04. The quantitative estimate of drug-likeness (QED) is 0.863. The van der Waals surface area contributed by atoms with Crippen LogP contribution >= 0.6 is 0 Å². The predicted molar refractivity (Wildman–Crippen MR) is 64.9 cm³/mol. The highest BCUT2D eigenvalue weighted by Gasteiger charge is 2.10. The summed E-state index contributed by atoms with van der Waals surface area (Å²) in [4.78, 5) is 0. The summed E-state index contributed by atoms with van der Waals surface area (Å²) in [5.74, 6) is 1.67. The fraction of sp³-hybridized carbons (Fsp3) is 0.385. The molecule has 0 saturated carbocycles. The molecule has 86 valence electrons. The highest BCUT2D eigenvalue weighted by atomic mass is 16.5. The summed E-state index contributed by atoms with van der Waals surface area (Å²) in [6.07, 6.45) is 0.844. The minimum atomic E-state index is 0.148. The number of ether oxygens (including phenoxy) is 1. The van der Waals surface area contributed by atoms with Gasteiger partial charge in [-0.2, -0.15) is 0 Å². The number of benzene rings is 1. The molecule has 0 radical (unpaired) electrons. The summed E-state index contributed by atoms with van der Waals surface area (Å²) >= 11 is 0. The van der Waals surface area contributed by atoms with Gasteiger partial charge in [-0.3, -0.25) is 0 Å². The van der Waals surface area contributed by atoms with Crippen LogP contribution in [0.2, 0.25) is 0 Å². The second-order valence-corrected chi connectivity index (χ2v) is 4.25. The van der Waals surface area contributed by atoms with Gasteiger partial charge in [0.1, 0.15) is 5.76 Å². The topological polar surface area (TPSA) is 48.4 Å². The predicted octanol–water partition coefficient (Wildman–Crippen LogP) is 2.64. The van der Waals surface area contributed by atoms with Crippen LogP contribution in [-0.4, -0.2) is 13.2 Å². The van der Waals surface area contributed by atoms with Gasteiger partial charge in [-0.15, -0.1) is 0 Å². The maximum Gasteiger partial charge on any atom is 0.176 e. The van der Waals surface area contributed by atoms with Crippen LogP contribution in [0, 0.1) is 6.92 Å². The Balaban J connectivity index is 2.53. The minimum Gasteiger partial charge on any atom is -0.493 e. The number of methoxy groups -OCH3 is 1. The fourth-order valence-corrected chi connectivity index (χ4v) is 1.95. The molecule has 0 amide bonds. The van der Waals surface area contributed by atoms with Gasteiger partial charge in [0.25, 0.3) is 0 Å². The van der Waals surface area contributed by atoms with Crippen molar-refractivity contribution in [1.82, 2.24) is 0 Å². The van der Waals surface area contributed by atoms with Gasteiger partial charge in [-0.1, -0.05) is 0 Å². The molecule has 2 N–H and O–H groups in total. The SMILES string of the molecule is COc1cc(CC(C)N)cc2cc(C)oc12. The average Bonchev–Trinajstić information content (AvgIpc) is 2.56. The Bertz CT molecular complexity index is 500. The monoisotopic (exact) mass is 219 g/mol. The number of rotatable bonds is 3. The van der Waals surface area contributed by atoms with Gasteiger partial charge in [0.05, 0.1) is 7.11 Å². The second kappa shape index (κ2) is 4.18. The van der Waals surface area contributed by atoms with Crippen molar-refractivity contribution < 1.29 is 9.15 Å². The van der Waals surface area contributed by atoms with Crippen LogP contribution < -0.4 is 10.5 Å². The molecule has 2 rings (SSSR count). The summed E-state index contributed by atoms with van der Waals surface area (Å²) in [5.41, 5.74) is 7.80. The van der Waals surface area contributed by atoms with E-state index in [9.17, 15) is 0 Å². The van der Waals surface area contributed by atoms with E-state index in [-0.39, 0.29) is 6.04 Å². The Kier molecular flexibility index (Phi) is 2.88. The molecular formula is C13H17NO2. The first kappa shape index (κ1) is 11.0. The summed E-state index contributed by atoms with van der Waals surface area (Å²) in [6, 6.07) is 6.27. The van der Waals surface area contributed by atoms with Crippen LogP contribution in [0.3, 0.4) is 0 Å².